The van der Waals surface area contributed by atoms with E-state index < -0.39 is 0 Å². The van der Waals surface area contributed by atoms with Crippen LogP contribution in [0.4, 0.5) is 0 Å². The molecule has 4 aromatic heterocycles. The summed E-state index contributed by atoms with van der Waals surface area (Å²) in [5.74, 6) is 0. The van der Waals surface area contributed by atoms with E-state index in [1.807, 2.05) is 12.1 Å². The largest absolute Gasteiger partial charge is 0.311 e. The third kappa shape index (κ3) is 3.29. The first kappa shape index (κ1) is 16.6. The molecule has 4 heterocycles. The second-order valence-electron chi connectivity index (χ2n) is 5.62. The molecule has 0 amide bonds. The van der Waals surface area contributed by atoms with Gasteiger partial charge in [-0.05, 0) is 23.3 Å². The minimum atomic E-state index is 0.227. The Morgan fingerprint density at radius 1 is 0.885 bits per heavy atom. The molecule has 10 heteroatoms. The van der Waals surface area contributed by atoms with Gasteiger partial charge in [-0.3, -0.25) is 5.41 Å². The zero-order valence-corrected chi connectivity index (χ0v) is 14.9. The summed E-state index contributed by atoms with van der Waals surface area (Å²) in [5.41, 5.74) is 3.02. The van der Waals surface area contributed by atoms with Crippen molar-refractivity contribution in [2.45, 2.75) is 13.1 Å². The lowest BCUT2D eigenvalue weighted by atomic mass is 10.3. The standard InChI is InChI=1S/C16H12Cl2N8/c17-12-3-1-10(5-20-12)7-25-9-22-16-14(15(25)19)23-24-26(16)8-11-2-4-13(18)21-6-11/h1-6,9,19H,7-8H2. The van der Waals surface area contributed by atoms with E-state index in [0.29, 0.717) is 34.6 Å². The van der Waals surface area contributed by atoms with Gasteiger partial charge in [0.15, 0.2) is 16.7 Å². The van der Waals surface area contributed by atoms with E-state index in [-0.39, 0.29) is 5.49 Å². The van der Waals surface area contributed by atoms with Gasteiger partial charge in [-0.2, -0.15) is 0 Å². The molecule has 4 aromatic rings. The van der Waals surface area contributed by atoms with Crippen LogP contribution in [0.3, 0.4) is 0 Å². The number of halogens is 2. The molecular formula is C16H12Cl2N8. The molecule has 0 bridgehead atoms. The number of hydrogen-bond acceptors (Lipinski definition) is 6. The van der Waals surface area contributed by atoms with Crippen LogP contribution in [0.15, 0.2) is 43.0 Å². The average Bonchev–Trinajstić information content (AvgIpc) is 3.05. The van der Waals surface area contributed by atoms with Crippen molar-refractivity contribution in [3.8, 4) is 0 Å². The predicted molar refractivity (Wildman–Crippen MR) is 95.9 cm³/mol. The van der Waals surface area contributed by atoms with Gasteiger partial charge in [-0.15, -0.1) is 5.10 Å². The Balaban J connectivity index is 1.65. The fraction of sp³-hybridized carbons (Fsp3) is 0.125. The number of fused-ring (bicyclic) bond motifs is 1. The van der Waals surface area contributed by atoms with Crippen molar-refractivity contribution in [1.29, 1.82) is 5.41 Å². The van der Waals surface area contributed by atoms with Crippen molar-refractivity contribution in [3.63, 3.8) is 0 Å². The fourth-order valence-electron chi connectivity index (χ4n) is 2.50. The summed E-state index contributed by atoms with van der Waals surface area (Å²) in [6.07, 6.45) is 4.94. The zero-order chi connectivity index (χ0) is 18.1. The highest BCUT2D eigenvalue weighted by atomic mass is 35.5. The molecule has 0 aromatic carbocycles. The second kappa shape index (κ2) is 6.81. The summed E-state index contributed by atoms with van der Waals surface area (Å²) in [4.78, 5) is 12.5. The lowest BCUT2D eigenvalue weighted by molar-refractivity contribution is 0.661. The molecule has 0 unspecified atom stereocenters. The minimum absolute atomic E-state index is 0.227. The average molecular weight is 387 g/mol. The Morgan fingerprint density at radius 2 is 1.54 bits per heavy atom. The lowest BCUT2D eigenvalue weighted by Gasteiger charge is -2.07. The summed E-state index contributed by atoms with van der Waals surface area (Å²) < 4.78 is 3.31. The number of aromatic nitrogens is 7. The van der Waals surface area contributed by atoms with Gasteiger partial charge in [0.1, 0.15) is 10.3 Å². The molecule has 0 aliphatic heterocycles. The van der Waals surface area contributed by atoms with Crippen molar-refractivity contribution in [2.24, 2.45) is 0 Å². The highest BCUT2D eigenvalue weighted by molar-refractivity contribution is 6.29. The van der Waals surface area contributed by atoms with Crippen LogP contribution in [-0.2, 0) is 13.1 Å². The first-order valence-electron chi connectivity index (χ1n) is 7.64. The van der Waals surface area contributed by atoms with Gasteiger partial charge in [-0.25, -0.2) is 19.6 Å². The molecule has 0 aliphatic carbocycles. The number of pyridine rings is 2. The molecule has 26 heavy (non-hydrogen) atoms. The second-order valence-corrected chi connectivity index (χ2v) is 6.39. The SMILES string of the molecule is N=c1c2nnn(Cc3ccc(Cl)nc3)c2ncn1Cc1ccc(Cl)nc1. The van der Waals surface area contributed by atoms with Gasteiger partial charge in [0.2, 0.25) is 0 Å². The molecule has 4 rings (SSSR count). The first-order chi connectivity index (χ1) is 12.6. The van der Waals surface area contributed by atoms with Gasteiger partial charge in [-0.1, -0.05) is 40.5 Å². The van der Waals surface area contributed by atoms with Crippen LogP contribution >= 0.6 is 23.2 Å². The van der Waals surface area contributed by atoms with E-state index in [9.17, 15) is 0 Å². The summed E-state index contributed by atoms with van der Waals surface area (Å²) in [6, 6.07) is 7.15. The molecule has 0 radical (unpaired) electrons. The van der Waals surface area contributed by atoms with Crippen molar-refractivity contribution in [2.75, 3.05) is 0 Å². The van der Waals surface area contributed by atoms with Crippen LogP contribution in [0.25, 0.3) is 11.2 Å². The Morgan fingerprint density at radius 3 is 2.15 bits per heavy atom. The third-order valence-electron chi connectivity index (χ3n) is 3.80. The monoisotopic (exact) mass is 386 g/mol. The Hall–Kier alpha value is -2.84. The van der Waals surface area contributed by atoms with E-state index in [1.165, 1.54) is 0 Å². The smallest absolute Gasteiger partial charge is 0.184 e. The van der Waals surface area contributed by atoms with Gasteiger partial charge in [0, 0.05) is 12.4 Å². The van der Waals surface area contributed by atoms with Crippen LogP contribution in [0, 0.1) is 5.41 Å². The van der Waals surface area contributed by atoms with Gasteiger partial charge in [0.25, 0.3) is 0 Å². The number of nitrogens with one attached hydrogen (secondary N) is 1. The normalized spacial score (nSPS) is 11.2. The van der Waals surface area contributed by atoms with Crippen LogP contribution in [0.5, 0.6) is 0 Å². The van der Waals surface area contributed by atoms with Crippen LogP contribution < -0.4 is 5.49 Å². The molecule has 130 valence electrons. The molecule has 0 atom stereocenters. The molecule has 0 aliphatic rings. The van der Waals surface area contributed by atoms with Gasteiger partial charge >= 0.3 is 0 Å². The van der Waals surface area contributed by atoms with Gasteiger partial charge < -0.3 is 4.57 Å². The number of hydrogen-bond donors (Lipinski definition) is 1. The molecule has 8 nitrogen and oxygen atoms in total. The lowest BCUT2D eigenvalue weighted by Crippen LogP contribution is -2.22. The quantitative estimate of drug-likeness (QED) is 0.542. The van der Waals surface area contributed by atoms with Crippen molar-refractivity contribution in [1.82, 2.24) is 34.5 Å². The van der Waals surface area contributed by atoms with E-state index in [0.717, 1.165) is 11.1 Å². The summed E-state index contributed by atoms with van der Waals surface area (Å²) in [7, 11) is 0. The van der Waals surface area contributed by atoms with Gasteiger partial charge in [0.05, 0.1) is 19.4 Å². The molecular weight excluding hydrogens is 375 g/mol. The number of nitrogens with zero attached hydrogens (tertiary/aromatic N) is 7. The highest BCUT2D eigenvalue weighted by Crippen LogP contribution is 2.10. The molecule has 0 fully saturated rings. The highest BCUT2D eigenvalue weighted by Gasteiger charge is 2.11. The summed E-state index contributed by atoms with van der Waals surface area (Å²) in [5, 5.41) is 17.5. The molecule has 0 saturated carbocycles. The Bertz CT molecular complexity index is 1120. The minimum Gasteiger partial charge on any atom is -0.311 e. The van der Waals surface area contributed by atoms with Crippen molar-refractivity contribution >= 4 is 34.4 Å². The third-order valence-corrected chi connectivity index (χ3v) is 4.25. The molecule has 0 saturated heterocycles. The van der Waals surface area contributed by atoms with E-state index in [4.69, 9.17) is 28.6 Å². The van der Waals surface area contributed by atoms with Crippen molar-refractivity contribution in [3.05, 3.63) is 69.9 Å². The van der Waals surface area contributed by atoms with E-state index >= 15 is 0 Å². The fourth-order valence-corrected chi connectivity index (χ4v) is 2.73. The maximum Gasteiger partial charge on any atom is 0.184 e. The first-order valence-corrected chi connectivity index (χ1v) is 8.40. The van der Waals surface area contributed by atoms with Crippen LogP contribution in [0.1, 0.15) is 11.1 Å². The zero-order valence-electron chi connectivity index (χ0n) is 13.3. The Labute approximate surface area is 157 Å². The van der Waals surface area contributed by atoms with E-state index in [2.05, 4.69) is 25.3 Å². The predicted octanol–water partition coefficient (Wildman–Crippen LogP) is 2.30. The van der Waals surface area contributed by atoms with Crippen molar-refractivity contribution < 1.29 is 0 Å². The summed E-state index contributed by atoms with van der Waals surface area (Å²) >= 11 is 11.6. The maximum absolute atomic E-state index is 8.38. The Kier molecular flexibility index (Phi) is 4.36. The molecule has 0 spiro atoms. The topological polar surface area (TPSA) is 98.2 Å². The number of rotatable bonds is 4. The van der Waals surface area contributed by atoms with E-state index in [1.54, 1.807) is 40.1 Å². The van der Waals surface area contributed by atoms with Crippen LogP contribution in [0.2, 0.25) is 10.3 Å². The van der Waals surface area contributed by atoms with Crippen LogP contribution in [-0.4, -0.2) is 34.5 Å². The maximum atomic E-state index is 8.38. The molecule has 1 N–H and O–H groups in total. The summed E-state index contributed by atoms with van der Waals surface area (Å²) in [6.45, 7) is 0.887.